The van der Waals surface area contributed by atoms with Crippen LogP contribution in [0.3, 0.4) is 0 Å². The van der Waals surface area contributed by atoms with E-state index >= 15 is 0 Å². The number of anilines is 3. The monoisotopic (exact) mass is 228 g/mol. The molecule has 0 aliphatic carbocycles. The summed E-state index contributed by atoms with van der Waals surface area (Å²) in [5, 5.41) is 3.11. The molecule has 1 heterocycles. The van der Waals surface area contributed by atoms with Crippen molar-refractivity contribution in [3.05, 3.63) is 41.7 Å². The van der Waals surface area contributed by atoms with Crippen molar-refractivity contribution >= 4 is 23.6 Å². The van der Waals surface area contributed by atoms with E-state index < -0.39 is 0 Å². The number of hydrogen-bond donors (Lipinski definition) is 2. The molecule has 1 aromatic heterocycles. The van der Waals surface area contributed by atoms with Crippen LogP contribution >= 0.6 is 0 Å². The fourth-order valence-electron chi connectivity index (χ4n) is 1.47. The Morgan fingerprint density at radius 3 is 2.76 bits per heavy atom. The lowest BCUT2D eigenvalue weighted by molar-refractivity contribution is 0.112. The molecule has 0 unspecified atom stereocenters. The van der Waals surface area contributed by atoms with Gasteiger partial charge < -0.3 is 11.1 Å². The number of carbonyl (C=O) groups is 1. The quantitative estimate of drug-likeness (QED) is 0.784. The van der Waals surface area contributed by atoms with E-state index in [2.05, 4.69) is 15.3 Å². The summed E-state index contributed by atoms with van der Waals surface area (Å²) in [4.78, 5) is 18.8. The van der Waals surface area contributed by atoms with Gasteiger partial charge in [0.1, 0.15) is 0 Å². The summed E-state index contributed by atoms with van der Waals surface area (Å²) in [5.74, 6) is 0.233. The van der Waals surface area contributed by atoms with Crippen LogP contribution in [0.2, 0.25) is 0 Å². The molecule has 0 fully saturated rings. The van der Waals surface area contributed by atoms with Crippen molar-refractivity contribution in [3.63, 3.8) is 0 Å². The van der Waals surface area contributed by atoms with E-state index in [9.17, 15) is 4.79 Å². The lowest BCUT2D eigenvalue weighted by atomic mass is 10.2. The minimum absolute atomic E-state index is 0.233. The number of nitrogens with one attached hydrogen (secondary N) is 1. The van der Waals surface area contributed by atoms with E-state index in [0.29, 0.717) is 5.56 Å². The van der Waals surface area contributed by atoms with E-state index in [-0.39, 0.29) is 5.95 Å². The van der Waals surface area contributed by atoms with E-state index in [0.717, 1.165) is 23.4 Å². The third-order valence-corrected chi connectivity index (χ3v) is 2.36. The predicted octanol–water partition coefficient (Wildman–Crippen LogP) is 1.92. The molecule has 2 aromatic rings. The first-order valence-corrected chi connectivity index (χ1v) is 5.11. The minimum atomic E-state index is 0.233. The molecule has 1 aromatic carbocycles. The predicted molar refractivity (Wildman–Crippen MR) is 66.3 cm³/mol. The van der Waals surface area contributed by atoms with Crippen molar-refractivity contribution < 1.29 is 4.79 Å². The molecule has 0 spiro atoms. The Morgan fingerprint density at radius 2 is 2.06 bits per heavy atom. The van der Waals surface area contributed by atoms with Crippen LogP contribution in [-0.4, -0.2) is 16.3 Å². The number of benzene rings is 1. The zero-order valence-corrected chi connectivity index (χ0v) is 9.34. The second kappa shape index (κ2) is 4.61. The molecule has 0 radical (unpaired) electrons. The second-order valence-electron chi connectivity index (χ2n) is 3.56. The first-order valence-electron chi connectivity index (χ1n) is 5.11. The van der Waals surface area contributed by atoms with Gasteiger partial charge in [-0.25, -0.2) is 9.97 Å². The molecule has 17 heavy (non-hydrogen) atoms. The largest absolute Gasteiger partial charge is 0.368 e. The Hall–Kier alpha value is -2.43. The zero-order valence-electron chi connectivity index (χ0n) is 9.34. The van der Waals surface area contributed by atoms with Crippen molar-refractivity contribution in [1.29, 1.82) is 0 Å². The Morgan fingerprint density at radius 1 is 1.29 bits per heavy atom. The third-order valence-electron chi connectivity index (χ3n) is 2.36. The SMILES string of the molecule is Cc1nc(N)ncc1Nc1ccccc1C=O. The van der Waals surface area contributed by atoms with Crippen molar-refractivity contribution in [3.8, 4) is 0 Å². The highest BCUT2D eigenvalue weighted by atomic mass is 16.1. The number of aromatic nitrogens is 2. The highest BCUT2D eigenvalue weighted by molar-refractivity contribution is 5.86. The summed E-state index contributed by atoms with van der Waals surface area (Å²) < 4.78 is 0. The van der Waals surface area contributed by atoms with Crippen LogP contribution < -0.4 is 11.1 Å². The number of rotatable bonds is 3. The van der Waals surface area contributed by atoms with Gasteiger partial charge in [0.05, 0.1) is 17.6 Å². The van der Waals surface area contributed by atoms with Gasteiger partial charge in [-0.1, -0.05) is 12.1 Å². The molecule has 5 heteroatoms. The van der Waals surface area contributed by atoms with Gasteiger partial charge in [0, 0.05) is 11.3 Å². The van der Waals surface area contributed by atoms with Crippen LogP contribution in [0.4, 0.5) is 17.3 Å². The number of carbonyl (C=O) groups excluding carboxylic acids is 1. The van der Waals surface area contributed by atoms with Gasteiger partial charge in [-0.2, -0.15) is 0 Å². The summed E-state index contributed by atoms with van der Waals surface area (Å²) in [6, 6.07) is 7.21. The van der Waals surface area contributed by atoms with E-state index in [4.69, 9.17) is 5.73 Å². The van der Waals surface area contributed by atoms with Crippen LogP contribution in [0.5, 0.6) is 0 Å². The maximum Gasteiger partial charge on any atom is 0.220 e. The van der Waals surface area contributed by atoms with Crippen LogP contribution in [0.1, 0.15) is 16.1 Å². The highest BCUT2D eigenvalue weighted by Gasteiger charge is 2.04. The molecular weight excluding hydrogens is 216 g/mol. The maximum absolute atomic E-state index is 10.9. The number of hydrogen-bond acceptors (Lipinski definition) is 5. The molecule has 0 atom stereocenters. The second-order valence-corrected chi connectivity index (χ2v) is 3.56. The average Bonchev–Trinajstić information content (AvgIpc) is 2.33. The summed E-state index contributed by atoms with van der Waals surface area (Å²) in [6.45, 7) is 1.82. The fourth-order valence-corrected chi connectivity index (χ4v) is 1.47. The van der Waals surface area contributed by atoms with Gasteiger partial charge >= 0.3 is 0 Å². The molecule has 5 nitrogen and oxygen atoms in total. The van der Waals surface area contributed by atoms with E-state index in [1.54, 1.807) is 18.3 Å². The normalized spacial score (nSPS) is 9.94. The Balaban J connectivity index is 2.34. The van der Waals surface area contributed by atoms with Gasteiger partial charge in [0.25, 0.3) is 0 Å². The molecule has 2 rings (SSSR count). The molecular formula is C12H12N4O. The van der Waals surface area contributed by atoms with Crippen molar-refractivity contribution in [1.82, 2.24) is 9.97 Å². The number of aryl methyl sites for hydroxylation is 1. The summed E-state index contributed by atoms with van der Waals surface area (Å²) in [6.07, 6.45) is 2.40. The molecule has 0 saturated carbocycles. The Labute approximate surface area is 98.7 Å². The van der Waals surface area contributed by atoms with Gasteiger partial charge in [0.2, 0.25) is 5.95 Å². The third kappa shape index (κ3) is 2.39. The van der Waals surface area contributed by atoms with Crippen molar-refractivity contribution in [2.45, 2.75) is 6.92 Å². The summed E-state index contributed by atoms with van der Waals surface area (Å²) >= 11 is 0. The highest BCUT2D eigenvalue weighted by Crippen LogP contribution is 2.21. The fraction of sp³-hybridized carbons (Fsp3) is 0.0833. The maximum atomic E-state index is 10.9. The van der Waals surface area contributed by atoms with Crippen LogP contribution in [0.15, 0.2) is 30.5 Å². The van der Waals surface area contributed by atoms with Crippen molar-refractivity contribution in [2.24, 2.45) is 0 Å². The average molecular weight is 228 g/mol. The first kappa shape index (κ1) is 11.1. The minimum Gasteiger partial charge on any atom is -0.368 e. The number of nitrogen functional groups attached to an aromatic ring is 1. The topological polar surface area (TPSA) is 80.9 Å². The van der Waals surface area contributed by atoms with Crippen molar-refractivity contribution in [2.75, 3.05) is 11.1 Å². The Bertz CT molecular complexity index is 554. The number of nitrogens with zero attached hydrogens (tertiary/aromatic N) is 2. The lowest BCUT2D eigenvalue weighted by Crippen LogP contribution is -2.02. The first-order chi connectivity index (χ1) is 8.20. The zero-order chi connectivity index (χ0) is 12.3. The summed E-state index contributed by atoms with van der Waals surface area (Å²) in [7, 11) is 0. The summed E-state index contributed by atoms with van der Waals surface area (Å²) in [5.41, 5.74) is 8.24. The van der Waals surface area contributed by atoms with Crippen LogP contribution in [-0.2, 0) is 0 Å². The van der Waals surface area contributed by atoms with Crippen LogP contribution in [0, 0.1) is 6.92 Å². The number of nitrogens with two attached hydrogens (primary N) is 1. The van der Waals surface area contributed by atoms with E-state index in [1.165, 1.54) is 0 Å². The smallest absolute Gasteiger partial charge is 0.220 e. The molecule has 0 aliphatic heterocycles. The molecule has 0 saturated heterocycles. The standard InChI is InChI=1S/C12H12N4O/c1-8-11(6-14-12(13)15-8)16-10-5-3-2-4-9(10)7-17/h2-7,16H,1H3,(H2,13,14,15). The van der Waals surface area contributed by atoms with Gasteiger partial charge in [-0.05, 0) is 19.1 Å². The van der Waals surface area contributed by atoms with Crippen LogP contribution in [0.25, 0.3) is 0 Å². The molecule has 0 amide bonds. The molecule has 0 aliphatic rings. The van der Waals surface area contributed by atoms with Gasteiger partial charge in [-0.15, -0.1) is 0 Å². The Kier molecular flexibility index (Phi) is 3.00. The van der Waals surface area contributed by atoms with E-state index in [1.807, 2.05) is 19.1 Å². The molecule has 3 N–H and O–H groups in total. The number of aldehydes is 1. The molecule has 86 valence electrons. The lowest BCUT2D eigenvalue weighted by Gasteiger charge is -2.10. The van der Waals surface area contributed by atoms with Gasteiger partial charge in [0.15, 0.2) is 6.29 Å². The molecule has 0 bridgehead atoms. The van der Waals surface area contributed by atoms with Gasteiger partial charge in [-0.3, -0.25) is 4.79 Å². The number of para-hydroxylation sites is 1.